The van der Waals surface area contributed by atoms with E-state index in [1.54, 1.807) is 19.4 Å². The van der Waals surface area contributed by atoms with Crippen LogP contribution in [-0.4, -0.2) is 44.0 Å². The Labute approximate surface area is 227 Å². The van der Waals surface area contributed by atoms with Gasteiger partial charge in [-0.1, -0.05) is 13.8 Å². The van der Waals surface area contributed by atoms with Crippen molar-refractivity contribution in [1.29, 1.82) is 0 Å². The third kappa shape index (κ3) is 4.32. The molecule has 39 heavy (non-hydrogen) atoms. The molecule has 2 heterocycles. The molecule has 0 amide bonds. The summed E-state index contributed by atoms with van der Waals surface area (Å²) in [7, 11) is 2.91. The van der Waals surface area contributed by atoms with Crippen LogP contribution in [0.3, 0.4) is 0 Å². The molecule has 0 unspecified atom stereocenters. The summed E-state index contributed by atoms with van der Waals surface area (Å²) in [6.07, 6.45) is 1.16. The van der Waals surface area contributed by atoms with Gasteiger partial charge in [-0.05, 0) is 60.4 Å². The number of ketones is 1. The first-order valence-corrected chi connectivity index (χ1v) is 13.2. The van der Waals surface area contributed by atoms with Gasteiger partial charge in [0.05, 0.1) is 32.3 Å². The monoisotopic (exact) mass is 538 g/mol. The zero-order valence-electron chi connectivity index (χ0n) is 22.9. The summed E-state index contributed by atoms with van der Waals surface area (Å²) in [6, 6.07) is 9.15. The third-order valence-corrected chi connectivity index (χ3v) is 9.29. The first-order valence-electron chi connectivity index (χ1n) is 13.2. The Kier molecular flexibility index (Phi) is 6.81. The number of Topliss-reactive ketones (excluding diaryl/α,β-unsaturated/α-hetero) is 1. The fraction of sp³-hybridized carbons (Fsp3) is 0.533. The molecule has 5 rings (SSSR count). The molecular weight excluding hydrogens is 504 g/mol. The molecule has 0 radical (unpaired) electrons. The van der Waals surface area contributed by atoms with Crippen LogP contribution < -0.4 is 4.74 Å². The van der Waals surface area contributed by atoms with E-state index in [1.165, 1.54) is 14.0 Å². The summed E-state index contributed by atoms with van der Waals surface area (Å²) in [4.78, 5) is 52.5. The van der Waals surface area contributed by atoms with Crippen LogP contribution in [0.5, 0.6) is 5.75 Å². The van der Waals surface area contributed by atoms with Crippen molar-refractivity contribution in [1.82, 2.24) is 0 Å². The van der Waals surface area contributed by atoms with Crippen molar-refractivity contribution in [2.75, 3.05) is 14.2 Å². The fourth-order valence-electron chi connectivity index (χ4n) is 7.54. The minimum atomic E-state index is -1.08. The molecule has 1 aromatic carbocycles. The molecule has 1 aliphatic heterocycles. The van der Waals surface area contributed by atoms with E-state index >= 15 is 0 Å². The van der Waals surface area contributed by atoms with Crippen molar-refractivity contribution >= 4 is 23.7 Å². The number of rotatable bonds is 5. The number of methoxy groups -OCH3 is 2. The third-order valence-electron chi connectivity index (χ3n) is 9.29. The Morgan fingerprint density at radius 3 is 2.38 bits per heavy atom. The van der Waals surface area contributed by atoms with E-state index in [4.69, 9.17) is 23.4 Å². The molecular formula is C30H34O9. The first kappa shape index (κ1) is 27.0. The lowest BCUT2D eigenvalue weighted by atomic mass is 9.43. The van der Waals surface area contributed by atoms with Crippen molar-refractivity contribution < 1.29 is 42.5 Å². The van der Waals surface area contributed by atoms with Gasteiger partial charge in [0.15, 0.2) is 11.9 Å². The number of hydrogen-bond donors (Lipinski definition) is 0. The van der Waals surface area contributed by atoms with Crippen LogP contribution in [0.1, 0.15) is 58.1 Å². The number of furan rings is 1. The minimum Gasteiger partial charge on any atom is -0.497 e. The van der Waals surface area contributed by atoms with E-state index in [1.807, 2.05) is 38.1 Å². The van der Waals surface area contributed by atoms with E-state index in [9.17, 15) is 19.2 Å². The molecule has 1 saturated heterocycles. The quantitative estimate of drug-likeness (QED) is 0.395. The smallest absolute Gasteiger partial charge is 0.310 e. The Bertz CT molecular complexity index is 1290. The topological polar surface area (TPSA) is 118 Å². The van der Waals surface area contributed by atoms with Crippen LogP contribution in [0.25, 0.3) is 11.3 Å². The van der Waals surface area contributed by atoms with E-state index in [0.717, 1.165) is 5.56 Å². The normalized spacial score (nSPS) is 33.8. The van der Waals surface area contributed by atoms with E-state index in [0.29, 0.717) is 36.3 Å². The maximum Gasteiger partial charge on any atom is 0.310 e. The van der Waals surface area contributed by atoms with Gasteiger partial charge >= 0.3 is 17.9 Å². The van der Waals surface area contributed by atoms with Gasteiger partial charge in [0, 0.05) is 30.4 Å². The largest absolute Gasteiger partial charge is 0.497 e. The number of fused-ring (bicyclic) bond motifs is 3. The van der Waals surface area contributed by atoms with Crippen LogP contribution in [0.2, 0.25) is 0 Å². The van der Waals surface area contributed by atoms with Crippen LogP contribution in [-0.2, 0) is 33.4 Å². The van der Waals surface area contributed by atoms with Crippen molar-refractivity contribution in [3.8, 4) is 17.1 Å². The maximum absolute atomic E-state index is 14.1. The Balaban J connectivity index is 1.56. The first-order chi connectivity index (χ1) is 18.5. The van der Waals surface area contributed by atoms with Crippen LogP contribution in [0.15, 0.2) is 41.0 Å². The van der Waals surface area contributed by atoms with Crippen molar-refractivity contribution in [2.45, 2.75) is 58.7 Å². The van der Waals surface area contributed by atoms with Gasteiger partial charge in [-0.15, -0.1) is 0 Å². The average molecular weight is 539 g/mol. The van der Waals surface area contributed by atoms with Gasteiger partial charge in [-0.2, -0.15) is 0 Å². The summed E-state index contributed by atoms with van der Waals surface area (Å²) in [5.41, 5.74) is -0.139. The number of carbonyl (C=O) groups excluding carboxylic acids is 4. The Hall–Kier alpha value is -3.62. The standard InChI is InChI=1S/C30H34O9/c1-16(31)38-22-14-21(27(33)36-5)29(2)12-10-20-28(34)39-23(15-30(20,3)26(29)24(22)32)19-11-13-37-25(19)17-6-8-18(35-4)9-7-17/h6-9,11,13,20-23,26H,10,12,14-15H2,1-5H3/t20-,21-,22-,23-,26-,29-,30-/m0/s1. The van der Waals surface area contributed by atoms with Crippen molar-refractivity contribution in [3.63, 3.8) is 0 Å². The second-order valence-electron chi connectivity index (χ2n) is 11.4. The van der Waals surface area contributed by atoms with Crippen LogP contribution in [0, 0.1) is 28.6 Å². The molecule has 7 atom stereocenters. The predicted octanol–water partition coefficient (Wildman–Crippen LogP) is 4.68. The molecule has 1 aromatic heterocycles. The number of ether oxygens (including phenoxy) is 4. The van der Waals surface area contributed by atoms with Crippen molar-refractivity contribution in [3.05, 3.63) is 42.2 Å². The summed E-state index contributed by atoms with van der Waals surface area (Å²) in [5.74, 6) is -2.33. The number of esters is 3. The van der Waals surface area contributed by atoms with Crippen LogP contribution in [0.4, 0.5) is 0 Å². The van der Waals surface area contributed by atoms with Crippen molar-refractivity contribution in [2.24, 2.45) is 28.6 Å². The molecule has 0 bridgehead atoms. The molecule has 2 aromatic rings. The van der Waals surface area contributed by atoms with E-state index in [2.05, 4.69) is 0 Å². The number of benzene rings is 1. The summed E-state index contributed by atoms with van der Waals surface area (Å²) in [6.45, 7) is 5.11. The zero-order chi connectivity index (χ0) is 28.1. The Morgan fingerprint density at radius 2 is 1.74 bits per heavy atom. The number of carbonyl (C=O) groups is 4. The zero-order valence-corrected chi connectivity index (χ0v) is 22.9. The Morgan fingerprint density at radius 1 is 1.03 bits per heavy atom. The SMILES string of the molecule is COC(=O)[C@@H]1C[C@H](OC(C)=O)C(=O)[C@H]2[C@@]1(C)CC[C@H]1C(=O)O[C@H](c3ccoc3-c3ccc(OC)cc3)C[C@]21C. The van der Waals surface area contributed by atoms with Gasteiger partial charge in [0.2, 0.25) is 0 Å². The predicted molar refractivity (Wildman–Crippen MR) is 137 cm³/mol. The number of cyclic esters (lactones) is 1. The molecule has 2 aliphatic carbocycles. The molecule has 0 N–H and O–H groups in total. The lowest BCUT2D eigenvalue weighted by molar-refractivity contribution is -0.210. The molecule has 2 saturated carbocycles. The highest BCUT2D eigenvalue weighted by Crippen LogP contribution is 2.65. The highest BCUT2D eigenvalue weighted by Gasteiger charge is 2.67. The van der Waals surface area contributed by atoms with Gasteiger partial charge in [-0.25, -0.2) is 0 Å². The second-order valence-corrected chi connectivity index (χ2v) is 11.4. The van der Waals surface area contributed by atoms with E-state index in [-0.39, 0.29) is 18.2 Å². The lowest BCUT2D eigenvalue weighted by Gasteiger charge is -2.61. The maximum atomic E-state index is 14.1. The highest BCUT2D eigenvalue weighted by molar-refractivity contribution is 5.93. The second kappa shape index (κ2) is 9.84. The number of hydrogen-bond acceptors (Lipinski definition) is 9. The minimum absolute atomic E-state index is 0.0655. The highest BCUT2D eigenvalue weighted by atomic mass is 16.6. The lowest BCUT2D eigenvalue weighted by Crippen LogP contribution is -2.64. The molecule has 0 spiro atoms. The molecule has 3 aliphatic rings. The summed E-state index contributed by atoms with van der Waals surface area (Å²) >= 11 is 0. The fourth-order valence-corrected chi connectivity index (χ4v) is 7.54. The molecule has 208 valence electrons. The summed E-state index contributed by atoms with van der Waals surface area (Å²) < 4.78 is 27.7. The van der Waals surface area contributed by atoms with Gasteiger partial charge < -0.3 is 23.4 Å². The average Bonchev–Trinajstić information content (AvgIpc) is 3.39. The van der Waals surface area contributed by atoms with Gasteiger partial charge in [0.25, 0.3) is 0 Å². The molecule has 9 heteroatoms. The molecule has 9 nitrogen and oxygen atoms in total. The van der Waals surface area contributed by atoms with Gasteiger partial charge in [-0.3, -0.25) is 19.2 Å². The van der Waals surface area contributed by atoms with Crippen LogP contribution >= 0.6 is 0 Å². The van der Waals surface area contributed by atoms with Gasteiger partial charge in [0.1, 0.15) is 17.6 Å². The van der Waals surface area contributed by atoms with E-state index < -0.39 is 52.7 Å². The molecule has 3 fully saturated rings. The summed E-state index contributed by atoms with van der Waals surface area (Å²) in [5, 5.41) is 0.